The minimum absolute atomic E-state index is 0.118. The van der Waals surface area contributed by atoms with E-state index < -0.39 is 0 Å². The lowest BCUT2D eigenvalue weighted by Gasteiger charge is -2.63. The summed E-state index contributed by atoms with van der Waals surface area (Å²) in [5, 5.41) is 4.50. The summed E-state index contributed by atoms with van der Waals surface area (Å²) in [6.45, 7) is 7.05. The van der Waals surface area contributed by atoms with E-state index in [-0.39, 0.29) is 5.60 Å². The highest BCUT2D eigenvalue weighted by molar-refractivity contribution is 6.03. The zero-order valence-corrected chi connectivity index (χ0v) is 13.2. The Hall–Kier alpha value is -1.51. The van der Waals surface area contributed by atoms with E-state index in [1.807, 2.05) is 12.1 Å². The summed E-state index contributed by atoms with van der Waals surface area (Å²) < 4.78 is 5.24. The van der Waals surface area contributed by atoms with Gasteiger partial charge >= 0.3 is 0 Å². The van der Waals surface area contributed by atoms with Crippen molar-refractivity contribution >= 4 is 5.71 Å². The third-order valence-corrected chi connectivity index (χ3v) is 6.43. The van der Waals surface area contributed by atoms with E-state index in [1.165, 1.54) is 18.4 Å². The van der Waals surface area contributed by atoms with Crippen LogP contribution in [0.15, 0.2) is 29.4 Å². The number of nitrogens with zero attached hydrogens (tertiary/aromatic N) is 1. The van der Waals surface area contributed by atoms with Gasteiger partial charge in [-0.2, -0.15) is 0 Å². The molecule has 0 aromatic heterocycles. The molecule has 2 bridgehead atoms. The smallest absolute Gasteiger partial charge is 0.146 e. The molecule has 1 aliphatic heterocycles. The Bertz CT molecular complexity index is 604. The van der Waals surface area contributed by atoms with Crippen LogP contribution in [0.4, 0.5) is 0 Å². The maximum Gasteiger partial charge on any atom is 0.146 e. The summed E-state index contributed by atoms with van der Waals surface area (Å²) in [5.41, 5.74) is 2.58. The first-order chi connectivity index (χ1) is 9.96. The molecule has 1 aromatic carbocycles. The average Bonchev–Trinajstić information content (AvgIpc) is 2.84. The van der Waals surface area contributed by atoms with E-state index in [2.05, 4.69) is 38.1 Å². The topological polar surface area (TPSA) is 30.8 Å². The highest BCUT2D eigenvalue weighted by atomic mass is 16.7. The van der Waals surface area contributed by atoms with E-state index in [1.54, 1.807) is 7.11 Å². The third kappa shape index (κ3) is 1.58. The molecule has 21 heavy (non-hydrogen) atoms. The lowest BCUT2D eigenvalue weighted by molar-refractivity contribution is -0.220. The minimum atomic E-state index is -0.118. The lowest BCUT2D eigenvalue weighted by Crippen LogP contribution is -2.64. The number of ether oxygens (including phenoxy) is 1. The van der Waals surface area contributed by atoms with E-state index in [9.17, 15) is 0 Å². The SMILES string of the molecule is COc1ccc(C2=NOC3(C)C2C[C@@H]2C[C@H]3C2(C)C)cc1. The van der Waals surface area contributed by atoms with Crippen LogP contribution >= 0.6 is 0 Å². The Morgan fingerprint density at radius 2 is 1.86 bits per heavy atom. The molecule has 3 nitrogen and oxygen atoms in total. The van der Waals surface area contributed by atoms with Crippen molar-refractivity contribution in [2.24, 2.45) is 28.3 Å². The van der Waals surface area contributed by atoms with Gasteiger partial charge in [0.15, 0.2) is 0 Å². The van der Waals surface area contributed by atoms with Crippen molar-refractivity contribution in [1.29, 1.82) is 0 Å². The van der Waals surface area contributed by atoms with E-state index in [0.29, 0.717) is 17.3 Å². The van der Waals surface area contributed by atoms with Crippen LogP contribution in [0, 0.1) is 23.2 Å². The normalized spacial score (nSPS) is 38.9. The fourth-order valence-electron chi connectivity index (χ4n) is 4.89. The van der Waals surface area contributed by atoms with Gasteiger partial charge in [-0.3, -0.25) is 0 Å². The minimum Gasteiger partial charge on any atom is -0.497 e. The molecule has 0 amide bonds. The standard InChI is InChI=1S/C18H23NO2/c1-17(2)12-9-14-16(11-5-7-13(20-4)8-6-11)19-21-18(14,3)15(17)10-12/h5-8,12,14-15H,9-10H2,1-4H3/t12-,14?,15+,18?/m1/s1. The Kier molecular flexibility index (Phi) is 2.52. The summed E-state index contributed by atoms with van der Waals surface area (Å²) in [6, 6.07) is 8.19. The summed E-state index contributed by atoms with van der Waals surface area (Å²) in [7, 11) is 1.69. The van der Waals surface area contributed by atoms with Crippen LogP contribution in [-0.2, 0) is 4.84 Å². The zero-order chi connectivity index (χ0) is 14.8. The second kappa shape index (κ2) is 4.02. The number of oxime groups is 1. The van der Waals surface area contributed by atoms with Crippen molar-refractivity contribution < 1.29 is 9.57 Å². The number of methoxy groups -OCH3 is 1. The maximum atomic E-state index is 6.01. The Morgan fingerprint density at radius 1 is 1.14 bits per heavy atom. The molecular formula is C18H23NO2. The van der Waals surface area contributed by atoms with Gasteiger partial charge in [0.1, 0.15) is 11.4 Å². The predicted molar refractivity (Wildman–Crippen MR) is 82.5 cm³/mol. The Morgan fingerprint density at radius 3 is 2.48 bits per heavy atom. The van der Waals surface area contributed by atoms with Gasteiger partial charge in [0.2, 0.25) is 0 Å². The largest absolute Gasteiger partial charge is 0.497 e. The highest BCUT2D eigenvalue weighted by Crippen LogP contribution is 2.67. The van der Waals surface area contributed by atoms with Crippen molar-refractivity contribution in [3.8, 4) is 5.75 Å². The molecule has 1 heterocycles. The van der Waals surface area contributed by atoms with Gasteiger partial charge in [-0.25, -0.2) is 0 Å². The van der Waals surface area contributed by atoms with Crippen LogP contribution in [0.3, 0.4) is 0 Å². The number of rotatable bonds is 2. The number of hydrogen-bond donors (Lipinski definition) is 0. The summed E-state index contributed by atoms with van der Waals surface area (Å²) in [5.74, 6) is 2.75. The predicted octanol–water partition coefficient (Wildman–Crippen LogP) is 3.87. The van der Waals surface area contributed by atoms with Gasteiger partial charge in [-0.1, -0.05) is 19.0 Å². The zero-order valence-electron chi connectivity index (χ0n) is 13.2. The maximum absolute atomic E-state index is 6.01. The van der Waals surface area contributed by atoms with Gasteiger partial charge in [0.05, 0.1) is 12.8 Å². The van der Waals surface area contributed by atoms with Crippen LogP contribution in [-0.4, -0.2) is 18.4 Å². The molecule has 3 fully saturated rings. The molecular weight excluding hydrogens is 262 g/mol. The first-order valence-electron chi connectivity index (χ1n) is 7.87. The summed E-state index contributed by atoms with van der Waals surface area (Å²) >= 11 is 0. The van der Waals surface area contributed by atoms with Gasteiger partial charge in [0, 0.05) is 17.4 Å². The van der Waals surface area contributed by atoms with Gasteiger partial charge in [-0.15, -0.1) is 0 Å². The molecule has 4 aliphatic rings. The van der Waals surface area contributed by atoms with Crippen LogP contribution in [0.5, 0.6) is 5.75 Å². The number of hydrogen-bond acceptors (Lipinski definition) is 3. The molecule has 0 saturated heterocycles. The van der Waals surface area contributed by atoms with E-state index in [4.69, 9.17) is 9.57 Å². The number of benzene rings is 1. The van der Waals surface area contributed by atoms with Gasteiger partial charge in [0.25, 0.3) is 0 Å². The Labute approximate surface area is 126 Å². The van der Waals surface area contributed by atoms with E-state index in [0.717, 1.165) is 17.4 Å². The molecule has 5 rings (SSSR count). The van der Waals surface area contributed by atoms with Crippen LogP contribution < -0.4 is 4.74 Å². The summed E-state index contributed by atoms with van der Waals surface area (Å²) in [6.07, 6.45) is 2.50. The second-order valence-electron chi connectivity index (χ2n) is 7.58. The molecule has 0 N–H and O–H groups in total. The molecule has 4 atom stereocenters. The molecule has 112 valence electrons. The second-order valence-corrected chi connectivity index (χ2v) is 7.58. The fraction of sp³-hybridized carbons (Fsp3) is 0.611. The van der Waals surface area contributed by atoms with Gasteiger partial charge in [-0.05, 0) is 55.4 Å². The van der Waals surface area contributed by atoms with Gasteiger partial charge < -0.3 is 9.57 Å². The fourth-order valence-corrected chi connectivity index (χ4v) is 4.89. The van der Waals surface area contributed by atoms with E-state index >= 15 is 0 Å². The quantitative estimate of drug-likeness (QED) is 0.826. The monoisotopic (exact) mass is 285 g/mol. The first-order valence-corrected chi connectivity index (χ1v) is 7.87. The average molecular weight is 285 g/mol. The highest BCUT2D eigenvalue weighted by Gasteiger charge is 2.67. The lowest BCUT2D eigenvalue weighted by atomic mass is 9.41. The van der Waals surface area contributed by atoms with Crippen molar-refractivity contribution in [3.63, 3.8) is 0 Å². The molecule has 1 aromatic rings. The molecule has 3 aliphatic carbocycles. The van der Waals surface area contributed by atoms with Crippen LogP contribution in [0.25, 0.3) is 0 Å². The van der Waals surface area contributed by atoms with Crippen molar-refractivity contribution in [1.82, 2.24) is 0 Å². The van der Waals surface area contributed by atoms with Crippen molar-refractivity contribution in [3.05, 3.63) is 29.8 Å². The molecule has 3 saturated carbocycles. The van der Waals surface area contributed by atoms with Crippen molar-refractivity contribution in [2.45, 2.75) is 39.2 Å². The molecule has 0 radical (unpaired) electrons. The first kappa shape index (κ1) is 13.2. The Balaban J connectivity index is 1.65. The molecule has 2 unspecified atom stereocenters. The molecule has 0 spiro atoms. The van der Waals surface area contributed by atoms with Crippen molar-refractivity contribution in [2.75, 3.05) is 7.11 Å². The van der Waals surface area contributed by atoms with Crippen LogP contribution in [0.2, 0.25) is 0 Å². The third-order valence-electron chi connectivity index (χ3n) is 6.43. The summed E-state index contributed by atoms with van der Waals surface area (Å²) in [4.78, 5) is 6.01. The van der Waals surface area contributed by atoms with Crippen LogP contribution in [0.1, 0.15) is 39.2 Å². The molecule has 3 heteroatoms.